The smallest absolute Gasteiger partial charge is 0.251 e. The van der Waals surface area contributed by atoms with E-state index >= 15 is 0 Å². The molecule has 6 nitrogen and oxygen atoms in total. The van der Waals surface area contributed by atoms with E-state index in [0.717, 1.165) is 23.8 Å². The second kappa shape index (κ2) is 9.27. The first kappa shape index (κ1) is 22.7. The van der Waals surface area contributed by atoms with Crippen LogP contribution in [0.4, 0.5) is 18.9 Å². The quantitative estimate of drug-likeness (QED) is 0.389. The number of nitrogens with zero attached hydrogens (tertiary/aromatic N) is 2. The molecule has 1 fully saturated rings. The van der Waals surface area contributed by atoms with Crippen molar-refractivity contribution in [3.05, 3.63) is 95.5 Å². The van der Waals surface area contributed by atoms with Crippen LogP contribution >= 0.6 is 0 Å². The monoisotopic (exact) mass is 479 g/mol. The van der Waals surface area contributed by atoms with E-state index in [-0.39, 0.29) is 35.4 Å². The van der Waals surface area contributed by atoms with E-state index in [2.05, 4.69) is 4.98 Å². The number of aromatic nitrogens is 1. The van der Waals surface area contributed by atoms with Crippen molar-refractivity contribution in [2.75, 3.05) is 18.9 Å². The SMILES string of the molecule is Nc1ccc(CCN2C(=O)COC2c2oc(-c3cc(F)cc(F)c3)nc2-c2ccc(F)cc2)cc1. The topological polar surface area (TPSA) is 81.6 Å². The molecule has 178 valence electrons. The standard InChI is InChI=1S/C26H20F3N3O3/c27-18-5-3-16(4-6-18)23-24(35-25(31-23)17-11-19(28)13-20(29)12-17)26-32(22(33)14-34-26)10-9-15-1-7-21(30)8-2-15/h1-8,11-13,26H,9-10,14,30H2. The molecular formula is C26H20F3N3O3. The molecule has 1 aliphatic heterocycles. The lowest BCUT2D eigenvalue weighted by Crippen LogP contribution is -2.30. The molecule has 3 aromatic carbocycles. The van der Waals surface area contributed by atoms with Crippen LogP contribution in [0.2, 0.25) is 0 Å². The third-order valence-corrected chi connectivity index (χ3v) is 5.69. The summed E-state index contributed by atoms with van der Waals surface area (Å²) < 4.78 is 53.0. The molecule has 2 heterocycles. The van der Waals surface area contributed by atoms with Crippen molar-refractivity contribution in [3.8, 4) is 22.7 Å². The number of hydrogen-bond donors (Lipinski definition) is 1. The molecule has 1 atom stereocenters. The Hall–Kier alpha value is -4.11. The maximum atomic E-state index is 13.9. The summed E-state index contributed by atoms with van der Waals surface area (Å²) in [5.74, 6) is -2.14. The van der Waals surface area contributed by atoms with Gasteiger partial charge in [0.1, 0.15) is 29.8 Å². The van der Waals surface area contributed by atoms with Crippen LogP contribution in [0.15, 0.2) is 71.1 Å². The molecule has 1 unspecified atom stereocenters. The number of carbonyl (C=O) groups excluding carboxylic acids is 1. The largest absolute Gasteiger partial charge is 0.436 e. The number of amides is 1. The summed E-state index contributed by atoms with van der Waals surface area (Å²) in [5.41, 5.74) is 8.21. The Balaban J connectivity index is 1.53. The van der Waals surface area contributed by atoms with Crippen LogP contribution in [0.5, 0.6) is 0 Å². The van der Waals surface area contributed by atoms with Gasteiger partial charge in [0.2, 0.25) is 5.89 Å². The lowest BCUT2D eigenvalue weighted by molar-refractivity contribution is -0.128. The van der Waals surface area contributed by atoms with Crippen molar-refractivity contribution in [2.45, 2.75) is 12.6 Å². The van der Waals surface area contributed by atoms with Crippen LogP contribution in [-0.2, 0) is 16.0 Å². The van der Waals surface area contributed by atoms with Crippen LogP contribution in [0, 0.1) is 17.5 Å². The summed E-state index contributed by atoms with van der Waals surface area (Å²) >= 11 is 0. The number of benzene rings is 3. The van der Waals surface area contributed by atoms with Crippen molar-refractivity contribution in [3.63, 3.8) is 0 Å². The molecule has 4 aromatic rings. The fourth-order valence-electron chi connectivity index (χ4n) is 3.96. The highest BCUT2D eigenvalue weighted by atomic mass is 19.1. The van der Waals surface area contributed by atoms with Crippen molar-refractivity contribution in [2.24, 2.45) is 0 Å². The summed E-state index contributed by atoms with van der Waals surface area (Å²) in [6.07, 6.45) is -0.385. The fraction of sp³-hybridized carbons (Fsp3) is 0.154. The van der Waals surface area contributed by atoms with Gasteiger partial charge in [0.15, 0.2) is 12.0 Å². The molecule has 0 saturated carbocycles. The molecule has 0 radical (unpaired) electrons. The van der Waals surface area contributed by atoms with Gasteiger partial charge in [-0.25, -0.2) is 18.2 Å². The van der Waals surface area contributed by atoms with Gasteiger partial charge in [-0.1, -0.05) is 12.1 Å². The van der Waals surface area contributed by atoms with Gasteiger partial charge in [0.05, 0.1) is 0 Å². The average molecular weight is 479 g/mol. The van der Waals surface area contributed by atoms with Gasteiger partial charge < -0.3 is 19.8 Å². The number of carbonyl (C=O) groups is 1. The molecule has 1 amide bonds. The first-order valence-electron chi connectivity index (χ1n) is 10.9. The predicted octanol–water partition coefficient (Wildman–Crippen LogP) is 5.11. The molecule has 1 aromatic heterocycles. The zero-order valence-corrected chi connectivity index (χ0v) is 18.4. The van der Waals surface area contributed by atoms with Crippen molar-refractivity contribution in [1.29, 1.82) is 0 Å². The fourth-order valence-corrected chi connectivity index (χ4v) is 3.96. The summed E-state index contributed by atoms with van der Waals surface area (Å²) in [7, 11) is 0. The molecule has 9 heteroatoms. The highest BCUT2D eigenvalue weighted by Gasteiger charge is 2.38. The Morgan fingerprint density at radius 2 is 1.60 bits per heavy atom. The van der Waals surface area contributed by atoms with E-state index in [1.165, 1.54) is 29.2 Å². The lowest BCUT2D eigenvalue weighted by atomic mass is 10.1. The van der Waals surface area contributed by atoms with E-state index in [0.29, 0.717) is 24.2 Å². The van der Waals surface area contributed by atoms with E-state index in [4.69, 9.17) is 14.9 Å². The third-order valence-electron chi connectivity index (χ3n) is 5.69. The van der Waals surface area contributed by atoms with Crippen LogP contribution < -0.4 is 5.73 Å². The summed E-state index contributed by atoms with van der Waals surface area (Å²) in [5, 5.41) is 0. The molecule has 0 spiro atoms. The second-order valence-corrected chi connectivity index (χ2v) is 8.14. The lowest BCUT2D eigenvalue weighted by Gasteiger charge is -2.22. The predicted molar refractivity (Wildman–Crippen MR) is 122 cm³/mol. The minimum Gasteiger partial charge on any atom is -0.436 e. The second-order valence-electron chi connectivity index (χ2n) is 8.14. The minimum absolute atomic E-state index is 0.0563. The van der Waals surface area contributed by atoms with Crippen LogP contribution in [0.25, 0.3) is 22.7 Å². The van der Waals surface area contributed by atoms with Crippen molar-refractivity contribution >= 4 is 11.6 Å². The van der Waals surface area contributed by atoms with Gasteiger partial charge in [-0.15, -0.1) is 0 Å². The summed E-state index contributed by atoms with van der Waals surface area (Å²) in [4.78, 5) is 18.6. The number of ether oxygens (including phenoxy) is 1. The maximum absolute atomic E-state index is 13.9. The Labute approximate surface area is 198 Å². The Bertz CT molecular complexity index is 1350. The number of rotatable bonds is 6. The molecule has 35 heavy (non-hydrogen) atoms. The molecule has 5 rings (SSSR count). The first-order chi connectivity index (χ1) is 16.9. The van der Waals surface area contributed by atoms with Gasteiger partial charge >= 0.3 is 0 Å². The van der Waals surface area contributed by atoms with E-state index in [1.54, 1.807) is 12.1 Å². The minimum atomic E-state index is -0.920. The Kier molecular flexibility index (Phi) is 6.00. The Morgan fingerprint density at radius 3 is 2.29 bits per heavy atom. The number of anilines is 1. The van der Waals surface area contributed by atoms with Gasteiger partial charge in [0, 0.05) is 29.4 Å². The zero-order valence-electron chi connectivity index (χ0n) is 18.4. The number of nitrogens with two attached hydrogens (primary N) is 1. The van der Waals surface area contributed by atoms with Gasteiger partial charge in [0.25, 0.3) is 5.91 Å². The van der Waals surface area contributed by atoms with Crippen molar-refractivity contribution < 1.29 is 27.1 Å². The number of oxazole rings is 1. The molecule has 1 aliphatic rings. The van der Waals surface area contributed by atoms with E-state index in [1.807, 2.05) is 12.1 Å². The van der Waals surface area contributed by atoms with Crippen LogP contribution in [0.1, 0.15) is 17.6 Å². The van der Waals surface area contributed by atoms with Crippen LogP contribution in [-0.4, -0.2) is 28.9 Å². The molecule has 2 N–H and O–H groups in total. The summed E-state index contributed by atoms with van der Waals surface area (Å²) in [6, 6.07) is 15.8. The van der Waals surface area contributed by atoms with Gasteiger partial charge in [-0.05, 0) is 60.5 Å². The molecule has 0 aliphatic carbocycles. The third kappa shape index (κ3) is 4.76. The summed E-state index contributed by atoms with van der Waals surface area (Å²) in [6.45, 7) is 0.154. The van der Waals surface area contributed by atoms with E-state index < -0.39 is 23.7 Å². The normalized spacial score (nSPS) is 15.7. The average Bonchev–Trinajstić information content (AvgIpc) is 3.42. The molecule has 0 bridgehead atoms. The van der Waals surface area contributed by atoms with Gasteiger partial charge in [-0.3, -0.25) is 4.79 Å². The number of nitrogen functional groups attached to an aromatic ring is 1. The zero-order chi connectivity index (χ0) is 24.5. The Morgan fingerprint density at radius 1 is 0.914 bits per heavy atom. The van der Waals surface area contributed by atoms with Gasteiger partial charge in [-0.2, -0.15) is 0 Å². The highest BCUT2D eigenvalue weighted by Crippen LogP contribution is 2.38. The highest BCUT2D eigenvalue weighted by molar-refractivity contribution is 5.80. The van der Waals surface area contributed by atoms with E-state index in [9.17, 15) is 18.0 Å². The number of halogens is 3. The van der Waals surface area contributed by atoms with Crippen molar-refractivity contribution in [1.82, 2.24) is 9.88 Å². The maximum Gasteiger partial charge on any atom is 0.251 e. The first-order valence-corrected chi connectivity index (χ1v) is 10.9. The molecule has 1 saturated heterocycles. The number of hydrogen-bond acceptors (Lipinski definition) is 5. The van der Waals surface area contributed by atoms with Crippen LogP contribution in [0.3, 0.4) is 0 Å². The molecular weight excluding hydrogens is 459 g/mol.